The lowest BCUT2D eigenvalue weighted by Gasteiger charge is -2.29. The highest BCUT2D eigenvalue weighted by Crippen LogP contribution is 2.23. The Hall–Kier alpha value is -0.800. The summed E-state index contributed by atoms with van der Waals surface area (Å²) in [5.74, 6) is 1.63. The maximum absolute atomic E-state index is 5.75. The van der Waals surface area contributed by atoms with Gasteiger partial charge in [0.05, 0.1) is 6.26 Å². The quantitative estimate of drug-likeness (QED) is 0.683. The maximum atomic E-state index is 5.75. The second kappa shape index (κ2) is 8.39. The van der Waals surface area contributed by atoms with Crippen molar-refractivity contribution in [1.29, 1.82) is 0 Å². The van der Waals surface area contributed by atoms with Crippen molar-refractivity contribution < 1.29 is 4.42 Å². The van der Waals surface area contributed by atoms with Gasteiger partial charge in [-0.15, -0.1) is 0 Å². The molecule has 0 unspecified atom stereocenters. The molecule has 0 saturated heterocycles. The van der Waals surface area contributed by atoms with Crippen LogP contribution in [0.5, 0.6) is 0 Å². The number of furan rings is 1. The lowest BCUT2D eigenvalue weighted by Crippen LogP contribution is -2.35. The molecule has 0 radical (unpaired) electrons. The zero-order valence-corrected chi connectivity index (χ0v) is 13.3. The van der Waals surface area contributed by atoms with Crippen molar-refractivity contribution in [1.82, 2.24) is 9.80 Å². The molecule has 0 atom stereocenters. The molecule has 0 bridgehead atoms. The first kappa shape index (κ1) is 16.3. The van der Waals surface area contributed by atoms with Crippen LogP contribution in [-0.4, -0.2) is 49.1 Å². The van der Waals surface area contributed by atoms with E-state index < -0.39 is 0 Å². The Bertz CT molecular complexity index is 326. The van der Waals surface area contributed by atoms with Crippen LogP contribution in [0.4, 0.5) is 0 Å². The topological polar surface area (TPSA) is 19.6 Å². The first-order chi connectivity index (χ1) is 9.15. The number of rotatable bonds is 9. The molecule has 3 nitrogen and oxygen atoms in total. The average Bonchev–Trinajstić information content (AvgIpc) is 2.86. The van der Waals surface area contributed by atoms with E-state index in [9.17, 15) is 0 Å². The van der Waals surface area contributed by atoms with Crippen LogP contribution >= 0.6 is 0 Å². The van der Waals surface area contributed by atoms with E-state index >= 15 is 0 Å². The molecule has 0 aliphatic rings. The van der Waals surface area contributed by atoms with Crippen LogP contribution in [0.3, 0.4) is 0 Å². The molecule has 0 fully saturated rings. The second-order valence-corrected chi connectivity index (χ2v) is 5.14. The van der Waals surface area contributed by atoms with Crippen molar-refractivity contribution in [2.24, 2.45) is 0 Å². The van der Waals surface area contributed by atoms with Crippen LogP contribution in [-0.2, 0) is 0 Å². The Morgan fingerprint density at radius 1 is 0.947 bits per heavy atom. The van der Waals surface area contributed by atoms with Crippen molar-refractivity contribution in [2.75, 3.05) is 39.3 Å². The van der Waals surface area contributed by atoms with Gasteiger partial charge in [0.2, 0.25) is 0 Å². The van der Waals surface area contributed by atoms with Gasteiger partial charge in [-0.1, -0.05) is 27.7 Å². The van der Waals surface area contributed by atoms with E-state index in [0.717, 1.165) is 39.3 Å². The number of hydrogen-bond donors (Lipinski definition) is 0. The molecule has 1 aromatic rings. The van der Waals surface area contributed by atoms with E-state index in [1.54, 1.807) is 0 Å². The van der Waals surface area contributed by atoms with Crippen LogP contribution in [0.1, 0.15) is 44.9 Å². The first-order valence-electron chi connectivity index (χ1n) is 7.64. The van der Waals surface area contributed by atoms with Gasteiger partial charge in [0.1, 0.15) is 5.76 Å². The monoisotopic (exact) mass is 266 g/mol. The maximum Gasteiger partial charge on any atom is 0.112 e. The molecule has 1 heterocycles. The predicted octanol–water partition coefficient (Wildman–Crippen LogP) is 3.36. The van der Waals surface area contributed by atoms with Gasteiger partial charge in [0, 0.05) is 19.0 Å². The zero-order valence-electron chi connectivity index (χ0n) is 13.3. The number of hydrogen-bond acceptors (Lipinski definition) is 3. The van der Waals surface area contributed by atoms with Gasteiger partial charge in [-0.05, 0) is 44.7 Å². The molecule has 0 spiro atoms. The Kier molecular flexibility index (Phi) is 7.17. The third-order valence-electron chi connectivity index (χ3n) is 4.02. The van der Waals surface area contributed by atoms with Crippen LogP contribution in [0, 0.1) is 6.92 Å². The van der Waals surface area contributed by atoms with Crippen molar-refractivity contribution in [3.63, 3.8) is 0 Å². The average molecular weight is 266 g/mol. The van der Waals surface area contributed by atoms with Crippen LogP contribution in [0.2, 0.25) is 0 Å². The minimum atomic E-state index is 0.467. The molecular formula is C16H30N2O. The largest absolute Gasteiger partial charge is 0.469 e. The highest BCUT2D eigenvalue weighted by Gasteiger charge is 2.21. The molecule has 0 aliphatic heterocycles. The summed E-state index contributed by atoms with van der Waals surface area (Å²) in [7, 11) is 0. The molecule has 19 heavy (non-hydrogen) atoms. The van der Waals surface area contributed by atoms with Crippen LogP contribution in [0.25, 0.3) is 0 Å². The SMILES string of the molecule is CCN(CC)CC(CN(CC)CC)c1occc1C. The smallest absolute Gasteiger partial charge is 0.112 e. The summed E-state index contributed by atoms with van der Waals surface area (Å²) < 4.78 is 5.75. The van der Waals surface area contributed by atoms with Gasteiger partial charge in [0.25, 0.3) is 0 Å². The van der Waals surface area contributed by atoms with Gasteiger partial charge in [-0.3, -0.25) is 0 Å². The summed E-state index contributed by atoms with van der Waals surface area (Å²) in [6, 6.07) is 2.08. The van der Waals surface area contributed by atoms with E-state index in [0.29, 0.717) is 5.92 Å². The molecule has 0 aliphatic carbocycles. The number of nitrogens with zero attached hydrogens (tertiary/aromatic N) is 2. The van der Waals surface area contributed by atoms with Crippen LogP contribution < -0.4 is 0 Å². The van der Waals surface area contributed by atoms with E-state index in [1.165, 1.54) is 11.3 Å². The Morgan fingerprint density at radius 3 is 1.74 bits per heavy atom. The van der Waals surface area contributed by atoms with Crippen molar-refractivity contribution in [2.45, 2.75) is 40.5 Å². The van der Waals surface area contributed by atoms with E-state index in [2.05, 4.69) is 50.5 Å². The molecule has 1 aromatic heterocycles. The summed E-state index contributed by atoms with van der Waals surface area (Å²) in [6.45, 7) is 17.6. The predicted molar refractivity (Wildman–Crippen MR) is 81.8 cm³/mol. The lowest BCUT2D eigenvalue weighted by atomic mass is 10.0. The minimum absolute atomic E-state index is 0.467. The third kappa shape index (κ3) is 4.66. The van der Waals surface area contributed by atoms with Crippen molar-refractivity contribution >= 4 is 0 Å². The highest BCUT2D eigenvalue weighted by atomic mass is 16.3. The summed E-state index contributed by atoms with van der Waals surface area (Å²) in [5.41, 5.74) is 1.28. The van der Waals surface area contributed by atoms with E-state index in [4.69, 9.17) is 4.42 Å². The molecular weight excluding hydrogens is 236 g/mol. The normalized spacial score (nSPS) is 12.0. The first-order valence-corrected chi connectivity index (χ1v) is 7.64. The fourth-order valence-electron chi connectivity index (χ4n) is 2.61. The van der Waals surface area contributed by atoms with Gasteiger partial charge in [-0.2, -0.15) is 0 Å². The van der Waals surface area contributed by atoms with Crippen LogP contribution in [0.15, 0.2) is 16.7 Å². The standard InChI is InChI=1S/C16H30N2O/c1-6-17(7-2)12-15(13-18(8-3)9-4)16-14(5)10-11-19-16/h10-11,15H,6-9,12-13H2,1-5H3. The van der Waals surface area contributed by atoms with E-state index in [1.807, 2.05) is 6.26 Å². The lowest BCUT2D eigenvalue weighted by molar-refractivity contribution is 0.213. The van der Waals surface area contributed by atoms with Gasteiger partial charge in [0.15, 0.2) is 0 Å². The fraction of sp³-hybridized carbons (Fsp3) is 0.750. The molecule has 0 amide bonds. The number of likely N-dealkylation sites (N-methyl/N-ethyl adjacent to an activating group) is 2. The highest BCUT2D eigenvalue weighted by molar-refractivity contribution is 5.19. The van der Waals surface area contributed by atoms with Gasteiger partial charge < -0.3 is 14.2 Å². The van der Waals surface area contributed by atoms with Crippen molar-refractivity contribution in [3.05, 3.63) is 23.7 Å². The molecule has 3 heteroatoms. The summed E-state index contributed by atoms with van der Waals surface area (Å²) in [5, 5.41) is 0. The zero-order chi connectivity index (χ0) is 14.3. The Labute approximate surface area is 118 Å². The summed E-state index contributed by atoms with van der Waals surface area (Å²) >= 11 is 0. The molecule has 0 aromatic carbocycles. The molecule has 0 N–H and O–H groups in total. The Balaban J connectivity index is 2.81. The minimum Gasteiger partial charge on any atom is -0.469 e. The van der Waals surface area contributed by atoms with Gasteiger partial charge >= 0.3 is 0 Å². The molecule has 1 rings (SSSR count). The third-order valence-corrected chi connectivity index (χ3v) is 4.02. The summed E-state index contributed by atoms with van der Waals surface area (Å²) in [6.07, 6.45) is 1.82. The number of aryl methyl sites for hydroxylation is 1. The summed E-state index contributed by atoms with van der Waals surface area (Å²) in [4.78, 5) is 4.96. The fourth-order valence-corrected chi connectivity index (χ4v) is 2.61. The second-order valence-electron chi connectivity index (χ2n) is 5.14. The molecule has 110 valence electrons. The molecule has 0 saturated carbocycles. The van der Waals surface area contributed by atoms with Gasteiger partial charge in [-0.25, -0.2) is 0 Å². The Morgan fingerprint density at radius 2 is 1.42 bits per heavy atom. The van der Waals surface area contributed by atoms with Crippen molar-refractivity contribution in [3.8, 4) is 0 Å². The van der Waals surface area contributed by atoms with E-state index in [-0.39, 0.29) is 0 Å².